The summed E-state index contributed by atoms with van der Waals surface area (Å²) < 4.78 is 10.7. The predicted octanol–water partition coefficient (Wildman–Crippen LogP) is 3.50. The molecule has 2 aromatic rings. The molecule has 1 saturated heterocycles. The van der Waals surface area contributed by atoms with Crippen LogP contribution < -0.4 is 4.74 Å². The summed E-state index contributed by atoms with van der Waals surface area (Å²) >= 11 is 0. The predicted molar refractivity (Wildman–Crippen MR) is 94.3 cm³/mol. The number of rotatable bonds is 5. The Bertz CT molecular complexity index is 709. The van der Waals surface area contributed by atoms with Crippen LogP contribution in [0.2, 0.25) is 0 Å². The van der Waals surface area contributed by atoms with Gasteiger partial charge in [-0.1, -0.05) is 19.0 Å². The second kappa shape index (κ2) is 7.68. The molecule has 0 radical (unpaired) electrons. The second-order valence-corrected chi connectivity index (χ2v) is 6.96. The highest BCUT2D eigenvalue weighted by molar-refractivity contribution is 5.76. The van der Waals surface area contributed by atoms with Crippen molar-refractivity contribution in [3.8, 4) is 17.1 Å². The van der Waals surface area contributed by atoms with Crippen LogP contribution in [0.15, 0.2) is 28.8 Å². The fraction of sp³-hybridized carbons (Fsp3) is 0.526. The first-order chi connectivity index (χ1) is 12.1. The number of benzene rings is 1. The molecule has 1 aliphatic rings. The van der Waals surface area contributed by atoms with Gasteiger partial charge >= 0.3 is 0 Å². The maximum absolute atomic E-state index is 12.3. The largest absolute Gasteiger partial charge is 0.497 e. The van der Waals surface area contributed by atoms with Crippen LogP contribution in [-0.4, -0.2) is 41.1 Å². The van der Waals surface area contributed by atoms with E-state index in [9.17, 15) is 4.79 Å². The van der Waals surface area contributed by atoms with Crippen LogP contribution in [0.4, 0.5) is 0 Å². The van der Waals surface area contributed by atoms with E-state index >= 15 is 0 Å². The van der Waals surface area contributed by atoms with Crippen LogP contribution in [0, 0.1) is 5.92 Å². The molecule has 1 aliphatic heterocycles. The lowest BCUT2D eigenvalue weighted by molar-refractivity contribution is -0.133. The molecule has 0 N–H and O–H groups in total. The van der Waals surface area contributed by atoms with E-state index in [1.54, 1.807) is 7.11 Å². The Morgan fingerprint density at radius 1 is 1.36 bits per heavy atom. The van der Waals surface area contributed by atoms with Gasteiger partial charge < -0.3 is 14.2 Å². The Kier molecular flexibility index (Phi) is 5.36. The summed E-state index contributed by atoms with van der Waals surface area (Å²) in [5, 5.41) is 4.11. The molecule has 25 heavy (non-hydrogen) atoms. The van der Waals surface area contributed by atoms with Crippen LogP contribution in [0.5, 0.6) is 5.75 Å². The number of ether oxygens (including phenoxy) is 1. The molecule has 3 rings (SSSR count). The van der Waals surface area contributed by atoms with Crippen molar-refractivity contribution in [2.75, 3.05) is 20.2 Å². The van der Waals surface area contributed by atoms with Crippen molar-refractivity contribution in [1.29, 1.82) is 0 Å². The Hall–Kier alpha value is -2.37. The minimum Gasteiger partial charge on any atom is -0.497 e. The smallest absolute Gasteiger partial charge is 0.231 e. The molecule has 1 aromatic carbocycles. The summed E-state index contributed by atoms with van der Waals surface area (Å²) in [5.41, 5.74) is 0.888. The summed E-state index contributed by atoms with van der Waals surface area (Å²) in [7, 11) is 1.64. The minimum atomic E-state index is 0.115. The quantitative estimate of drug-likeness (QED) is 0.831. The number of likely N-dealkylation sites (tertiary alicyclic amines) is 1. The fourth-order valence-electron chi connectivity index (χ4n) is 3.14. The Balaban J connectivity index is 1.69. The molecule has 1 atom stereocenters. The van der Waals surface area contributed by atoms with E-state index in [0.717, 1.165) is 30.7 Å². The van der Waals surface area contributed by atoms with Gasteiger partial charge in [0.15, 0.2) is 0 Å². The molecule has 1 aromatic heterocycles. The Labute approximate surface area is 148 Å². The zero-order chi connectivity index (χ0) is 17.8. The number of amides is 1. The highest BCUT2D eigenvalue weighted by Crippen LogP contribution is 2.28. The lowest BCUT2D eigenvalue weighted by Gasteiger charge is -2.31. The van der Waals surface area contributed by atoms with Crippen molar-refractivity contribution in [3.05, 3.63) is 30.2 Å². The average molecular weight is 343 g/mol. The topological polar surface area (TPSA) is 68.5 Å². The van der Waals surface area contributed by atoms with Gasteiger partial charge in [-0.3, -0.25) is 4.79 Å². The molecule has 2 heterocycles. The highest BCUT2D eigenvalue weighted by Gasteiger charge is 2.28. The van der Waals surface area contributed by atoms with Gasteiger partial charge in [0.2, 0.25) is 17.6 Å². The van der Waals surface area contributed by atoms with Crippen molar-refractivity contribution in [2.24, 2.45) is 5.92 Å². The van der Waals surface area contributed by atoms with Gasteiger partial charge in [0.1, 0.15) is 5.75 Å². The van der Waals surface area contributed by atoms with Gasteiger partial charge in [0.25, 0.3) is 0 Å². The number of hydrogen-bond acceptors (Lipinski definition) is 5. The summed E-state index contributed by atoms with van der Waals surface area (Å²) in [6.45, 7) is 5.62. The van der Waals surface area contributed by atoms with Crippen molar-refractivity contribution >= 4 is 5.91 Å². The van der Waals surface area contributed by atoms with Crippen LogP contribution >= 0.6 is 0 Å². The molecule has 134 valence electrons. The van der Waals surface area contributed by atoms with Crippen LogP contribution in [0.3, 0.4) is 0 Å². The van der Waals surface area contributed by atoms with Crippen LogP contribution in [-0.2, 0) is 4.79 Å². The number of methoxy groups -OCH3 is 1. The zero-order valence-corrected chi connectivity index (χ0v) is 15.1. The normalized spacial score (nSPS) is 17.8. The van der Waals surface area contributed by atoms with E-state index in [2.05, 4.69) is 24.0 Å². The highest BCUT2D eigenvalue weighted by atomic mass is 16.5. The summed E-state index contributed by atoms with van der Waals surface area (Å²) in [6.07, 6.45) is 2.53. The molecule has 1 fully saturated rings. The molecule has 6 heteroatoms. The number of aromatic nitrogens is 2. The first kappa shape index (κ1) is 17.5. The van der Waals surface area contributed by atoms with Gasteiger partial charge in [0, 0.05) is 25.1 Å². The molecule has 0 bridgehead atoms. The van der Waals surface area contributed by atoms with E-state index in [1.807, 2.05) is 29.2 Å². The maximum Gasteiger partial charge on any atom is 0.231 e. The van der Waals surface area contributed by atoms with Gasteiger partial charge in [-0.05, 0) is 43.0 Å². The number of hydrogen-bond donors (Lipinski definition) is 0. The number of carbonyl (C=O) groups excluding carboxylic acids is 1. The molecular weight excluding hydrogens is 318 g/mol. The SMILES string of the molecule is COc1ccc(-c2noc([C@H]3CCCN(C(=O)CC(C)C)C3)n2)cc1. The zero-order valence-electron chi connectivity index (χ0n) is 15.1. The number of carbonyl (C=O) groups is 1. The van der Waals surface area contributed by atoms with Gasteiger partial charge in [-0.2, -0.15) is 4.98 Å². The minimum absolute atomic E-state index is 0.115. The molecule has 0 saturated carbocycles. The Morgan fingerprint density at radius 3 is 2.80 bits per heavy atom. The van der Waals surface area contributed by atoms with E-state index in [-0.39, 0.29) is 11.8 Å². The summed E-state index contributed by atoms with van der Waals surface area (Å²) in [4.78, 5) is 18.8. The third-order valence-electron chi connectivity index (χ3n) is 4.50. The maximum atomic E-state index is 12.3. The average Bonchev–Trinajstić information content (AvgIpc) is 3.11. The van der Waals surface area contributed by atoms with Gasteiger partial charge in [0.05, 0.1) is 13.0 Å². The second-order valence-electron chi connectivity index (χ2n) is 6.96. The molecule has 6 nitrogen and oxygen atoms in total. The molecular formula is C19H25N3O3. The van der Waals surface area contributed by atoms with Gasteiger partial charge in [-0.25, -0.2) is 0 Å². The van der Waals surface area contributed by atoms with Crippen LogP contribution in [0.25, 0.3) is 11.4 Å². The van der Waals surface area contributed by atoms with E-state index in [4.69, 9.17) is 9.26 Å². The molecule has 0 aliphatic carbocycles. The van der Waals surface area contributed by atoms with Crippen molar-refractivity contribution in [2.45, 2.75) is 39.0 Å². The third-order valence-corrected chi connectivity index (χ3v) is 4.50. The first-order valence-electron chi connectivity index (χ1n) is 8.82. The number of piperidine rings is 1. The van der Waals surface area contributed by atoms with E-state index in [1.165, 1.54) is 0 Å². The monoisotopic (exact) mass is 343 g/mol. The Morgan fingerprint density at radius 2 is 2.12 bits per heavy atom. The summed E-state index contributed by atoms with van der Waals surface area (Å²) in [6, 6.07) is 7.57. The van der Waals surface area contributed by atoms with Crippen molar-refractivity contribution in [3.63, 3.8) is 0 Å². The molecule has 1 amide bonds. The van der Waals surface area contributed by atoms with Gasteiger partial charge in [-0.15, -0.1) is 0 Å². The molecule has 0 unspecified atom stereocenters. The van der Waals surface area contributed by atoms with Crippen molar-refractivity contribution < 1.29 is 14.1 Å². The third kappa shape index (κ3) is 4.18. The van der Waals surface area contributed by atoms with E-state index < -0.39 is 0 Å². The lowest BCUT2D eigenvalue weighted by atomic mass is 9.97. The lowest BCUT2D eigenvalue weighted by Crippen LogP contribution is -2.39. The molecule has 0 spiro atoms. The first-order valence-corrected chi connectivity index (χ1v) is 8.82. The summed E-state index contributed by atoms with van der Waals surface area (Å²) in [5.74, 6) is 2.69. The van der Waals surface area contributed by atoms with Crippen molar-refractivity contribution in [1.82, 2.24) is 15.0 Å². The standard InChI is InChI=1S/C19H25N3O3/c1-13(2)11-17(23)22-10-4-5-15(12-22)19-20-18(21-25-19)14-6-8-16(24-3)9-7-14/h6-9,13,15H,4-5,10-12H2,1-3H3/t15-/m0/s1. The fourth-order valence-corrected chi connectivity index (χ4v) is 3.14. The number of nitrogens with zero attached hydrogens (tertiary/aromatic N) is 3. The van der Waals surface area contributed by atoms with Crippen LogP contribution in [0.1, 0.15) is 44.9 Å². The van der Waals surface area contributed by atoms with E-state index in [0.29, 0.717) is 30.6 Å².